The Hall–Kier alpha value is -11.2. The van der Waals surface area contributed by atoms with E-state index >= 15 is 0 Å². The number of aromatic nitrogens is 6. The molecule has 6 aromatic carbocycles. The van der Waals surface area contributed by atoms with Gasteiger partial charge in [-0.25, -0.2) is 38.7 Å². The first-order valence-corrected chi connectivity index (χ1v) is 45.6. The van der Waals surface area contributed by atoms with E-state index in [9.17, 15) is 28.8 Å². The van der Waals surface area contributed by atoms with Gasteiger partial charge in [-0.1, -0.05) is 177 Å². The quantitative estimate of drug-likeness (QED) is 0.0412. The molecule has 15 rings (SSSR count). The first kappa shape index (κ1) is 92.4. The molecule has 0 unspecified atom stereocenters. The van der Waals surface area contributed by atoms with Crippen molar-refractivity contribution in [1.29, 1.82) is 0 Å². The minimum absolute atomic E-state index is 0.00174. The Morgan fingerprint density at radius 1 is 0.381 bits per heavy atom. The molecule has 12 aromatic rings. The molecule has 6 aromatic heterocycles. The first-order valence-electron chi connectivity index (χ1n) is 40.9. The average molecular weight is 1870 g/mol. The standard InChI is InChI=1S/C32H31Cl2N5O3S.C31H29Cl2N5O3S.C31H29Cl2N5O2S/c1-3-42-32(41)35-20-25-29(31(40)37-38-17-5-4-6-18-38)36-39(27-15-12-23(33)19-26(27)34)30(25)28-16-14-24(43-28)13-11-22-9-7-21(2)8-10-22;1-20-6-8-21(9-7-20)10-12-23-13-15-27(42-23)29-24(19-34-31(40)41-2)28(30(39)36-37-16-4-3-5-17-37)35-38(29)26-14-11-22(32)18-25(26)33;1-20-6-8-22(9-7-20)10-12-24-13-15-28(41-24)30-25(19-34-21(2)39)29(31(40)36-37-16-4-3-5-17-37)35-38(30)27-14-11-23(32)18-26(27)33/h7-10,12,14-16,19H,3-6,17-18,20H2,1-2H3,(H,35,41)(H,37,40);6-9,11,13-15,18H,3-5,16-17,19H2,1-2H3,(H,34,40)(H,36,39);6-9,11,13-15,18H,3-5,16-17,19H2,1-2H3,(H,34,39)(H,36,40). The number of hydrazine groups is 3. The third-order valence-corrected chi connectivity index (χ3v) is 24.9. The van der Waals surface area contributed by atoms with Crippen molar-refractivity contribution in [2.75, 3.05) is 53.0 Å². The van der Waals surface area contributed by atoms with Crippen LogP contribution in [0, 0.1) is 56.3 Å². The average Bonchev–Trinajstić information content (AvgIpc) is 1.62. The zero-order valence-corrected chi connectivity index (χ0v) is 76.8. The number of aryl methyl sites for hydroxylation is 3. The van der Waals surface area contributed by atoms with Gasteiger partial charge in [0.05, 0.1) is 105 Å². The summed E-state index contributed by atoms with van der Waals surface area (Å²) in [4.78, 5) is 82.4. The van der Waals surface area contributed by atoms with Crippen LogP contribution in [0.15, 0.2) is 164 Å². The lowest BCUT2D eigenvalue weighted by Crippen LogP contribution is -2.45. The van der Waals surface area contributed by atoms with Crippen LogP contribution in [0.4, 0.5) is 9.59 Å². The van der Waals surface area contributed by atoms with E-state index in [1.165, 1.54) is 64.7 Å². The molecule has 0 atom stereocenters. The van der Waals surface area contributed by atoms with E-state index < -0.39 is 12.2 Å². The first-order chi connectivity index (χ1) is 60.9. The SMILES string of the molecule is CC(=O)NCc1c(C(=O)NN2CCCCC2)nn(-c2ccc(Cl)cc2Cl)c1-c1ccc(C#Cc2ccc(C)cc2)s1.CCOC(=O)NCc1c(C(=O)NN2CCCCC2)nn(-c2ccc(Cl)cc2Cl)c1-c1ccc(C#Cc2ccc(C)cc2)s1.COC(=O)NCc1c(C(=O)NN2CCCCC2)nn(-c2ccc(Cl)cc2Cl)c1-c1ccc(C#Cc2ccc(C)cc2)s1. The summed E-state index contributed by atoms with van der Waals surface area (Å²) in [6.07, 6.45) is 8.20. The predicted molar refractivity (Wildman–Crippen MR) is 501 cm³/mol. The van der Waals surface area contributed by atoms with Gasteiger partial charge in [0.1, 0.15) is 0 Å². The van der Waals surface area contributed by atoms with Gasteiger partial charge in [0.2, 0.25) is 5.91 Å². The molecule has 0 bridgehead atoms. The van der Waals surface area contributed by atoms with Crippen molar-refractivity contribution in [3.8, 4) is 84.3 Å². The predicted octanol–water partition coefficient (Wildman–Crippen LogP) is 20.0. The number of nitrogens with one attached hydrogen (secondary N) is 6. The number of amides is 6. The molecule has 0 radical (unpaired) electrons. The van der Waals surface area contributed by atoms with Crippen molar-refractivity contribution in [1.82, 2.24) is 76.6 Å². The maximum atomic E-state index is 13.7. The number of hydrogen-bond donors (Lipinski definition) is 6. The topological polar surface area (TPSA) is 256 Å². The van der Waals surface area contributed by atoms with Gasteiger partial charge in [-0.15, -0.1) is 34.0 Å². The number of methoxy groups -OCH3 is 1. The van der Waals surface area contributed by atoms with Crippen LogP contribution in [0.2, 0.25) is 30.1 Å². The summed E-state index contributed by atoms with van der Waals surface area (Å²) in [5.74, 6) is 18.0. The number of rotatable bonds is 19. The number of thiophene rings is 3. The van der Waals surface area contributed by atoms with Gasteiger partial charge in [0, 0.05) is 101 Å². The third kappa shape index (κ3) is 24.5. The molecule has 3 saturated heterocycles. The van der Waals surface area contributed by atoms with Gasteiger partial charge in [-0.2, -0.15) is 15.3 Å². The fraction of sp³-hybridized carbons (Fsp3) is 0.266. The zero-order chi connectivity index (χ0) is 88.9. The molecule has 23 nitrogen and oxygen atoms in total. The summed E-state index contributed by atoms with van der Waals surface area (Å²) in [7, 11) is 1.29. The second kappa shape index (κ2) is 44.3. The fourth-order valence-electron chi connectivity index (χ4n) is 13.9. The molecule has 648 valence electrons. The highest BCUT2D eigenvalue weighted by Crippen LogP contribution is 2.41. The van der Waals surface area contributed by atoms with Crippen molar-refractivity contribution in [2.24, 2.45) is 0 Å². The van der Waals surface area contributed by atoms with E-state index in [-0.39, 0.29) is 67.0 Å². The van der Waals surface area contributed by atoms with Crippen molar-refractivity contribution in [3.63, 3.8) is 0 Å². The summed E-state index contributed by atoms with van der Waals surface area (Å²) in [5.41, 5.74) is 20.9. The molecule has 3 fully saturated rings. The van der Waals surface area contributed by atoms with E-state index in [0.29, 0.717) is 81.0 Å². The highest BCUT2D eigenvalue weighted by Gasteiger charge is 2.33. The Morgan fingerprint density at radius 2 is 0.675 bits per heavy atom. The lowest BCUT2D eigenvalue weighted by Gasteiger charge is -2.26. The van der Waals surface area contributed by atoms with E-state index in [4.69, 9.17) is 94.4 Å². The summed E-state index contributed by atoms with van der Waals surface area (Å²) in [5, 5.41) is 30.9. The van der Waals surface area contributed by atoms with Crippen LogP contribution in [0.5, 0.6) is 0 Å². The monoisotopic (exact) mass is 1860 g/mol. The lowest BCUT2D eigenvalue weighted by atomic mass is 10.1. The second-order valence-electron chi connectivity index (χ2n) is 29.7. The third-order valence-electron chi connectivity index (χ3n) is 20.3. The number of carbonyl (C=O) groups excluding carboxylic acids is 6. The van der Waals surface area contributed by atoms with Gasteiger partial charge in [-0.3, -0.25) is 35.5 Å². The van der Waals surface area contributed by atoms with E-state index in [2.05, 4.69) is 67.8 Å². The van der Waals surface area contributed by atoms with Crippen LogP contribution in [0.3, 0.4) is 0 Å². The van der Waals surface area contributed by atoms with E-state index in [0.717, 1.165) is 143 Å². The molecule has 126 heavy (non-hydrogen) atoms. The summed E-state index contributed by atoms with van der Waals surface area (Å²) >= 11 is 42.9. The van der Waals surface area contributed by atoms with Crippen LogP contribution >= 0.6 is 104 Å². The number of nitrogens with zero attached hydrogens (tertiary/aromatic N) is 9. The Balaban J connectivity index is 0.000000162. The summed E-state index contributed by atoms with van der Waals surface area (Å²) < 4.78 is 14.8. The minimum Gasteiger partial charge on any atom is -0.453 e. The Morgan fingerprint density at radius 3 is 0.952 bits per heavy atom. The van der Waals surface area contributed by atoms with Crippen LogP contribution < -0.4 is 32.2 Å². The van der Waals surface area contributed by atoms with Gasteiger partial charge in [0.15, 0.2) is 17.1 Å². The molecule has 3 aliphatic heterocycles. The van der Waals surface area contributed by atoms with Crippen LogP contribution in [0.1, 0.15) is 168 Å². The number of hydrogen-bond acceptors (Lipinski definition) is 17. The van der Waals surface area contributed by atoms with Crippen molar-refractivity contribution in [3.05, 3.63) is 276 Å². The van der Waals surface area contributed by atoms with E-state index in [1.54, 1.807) is 75.6 Å². The maximum Gasteiger partial charge on any atom is 0.407 e. The number of carbonyl (C=O) groups is 6. The van der Waals surface area contributed by atoms with Crippen LogP contribution in [0.25, 0.3) is 48.8 Å². The number of ether oxygens (including phenoxy) is 2. The van der Waals surface area contributed by atoms with Crippen molar-refractivity contribution in [2.45, 2.75) is 112 Å². The zero-order valence-electron chi connectivity index (χ0n) is 69.8. The van der Waals surface area contributed by atoms with Gasteiger partial charge in [0.25, 0.3) is 17.7 Å². The molecule has 3 aliphatic rings. The molecule has 0 saturated carbocycles. The normalized spacial score (nSPS) is 13.3. The maximum absolute atomic E-state index is 13.7. The molecular formula is C94H89Cl6N15O8S3. The van der Waals surface area contributed by atoms with Gasteiger partial charge in [-0.05, 0) is 194 Å². The van der Waals surface area contributed by atoms with Gasteiger partial charge >= 0.3 is 12.2 Å². The highest BCUT2D eigenvalue weighted by atomic mass is 35.5. The molecule has 6 amide bonds. The largest absolute Gasteiger partial charge is 0.453 e. The Bertz CT molecular complexity index is 6170. The van der Waals surface area contributed by atoms with Crippen molar-refractivity contribution >= 4 is 139 Å². The molecule has 9 heterocycles. The van der Waals surface area contributed by atoms with Gasteiger partial charge < -0.3 is 25.4 Å². The number of alkyl carbamates (subject to hydrolysis) is 2. The fourth-order valence-corrected chi connectivity index (χ4v) is 18.2. The smallest absolute Gasteiger partial charge is 0.407 e. The number of benzene rings is 6. The molecule has 0 aliphatic carbocycles. The number of halogens is 6. The lowest BCUT2D eigenvalue weighted by molar-refractivity contribution is -0.119. The molecule has 0 spiro atoms. The number of piperidine rings is 3. The van der Waals surface area contributed by atoms with E-state index in [1.807, 2.05) is 145 Å². The van der Waals surface area contributed by atoms with Crippen molar-refractivity contribution < 1.29 is 38.2 Å². The molecule has 6 N–H and O–H groups in total. The van der Waals surface area contributed by atoms with Crippen LogP contribution in [-0.2, 0) is 33.9 Å². The highest BCUT2D eigenvalue weighted by molar-refractivity contribution is 7.16. The minimum atomic E-state index is -0.628. The van der Waals surface area contributed by atoms with Crippen LogP contribution in [-0.4, -0.2) is 133 Å². The summed E-state index contributed by atoms with van der Waals surface area (Å²) in [6.45, 7) is 14.2. The molecular weight excluding hydrogens is 1780 g/mol. The Kier molecular flexibility index (Phi) is 32.5. The second-order valence-corrected chi connectivity index (χ2v) is 35.5. The summed E-state index contributed by atoms with van der Waals surface area (Å²) in [6, 6.07) is 51.0. The molecule has 32 heteroatoms. The Labute approximate surface area is 773 Å².